The number of carbonyl (C=O) groups is 4. The second-order valence-electron chi connectivity index (χ2n) is 16.4. The highest BCUT2D eigenvalue weighted by atomic mass is 35.5. The zero-order chi connectivity index (χ0) is 45.3. The summed E-state index contributed by atoms with van der Waals surface area (Å²) in [6.07, 6.45) is 3.98. The van der Waals surface area contributed by atoms with Crippen LogP contribution >= 0.6 is 23.2 Å². The van der Waals surface area contributed by atoms with Crippen LogP contribution in [0.25, 0.3) is 22.4 Å². The van der Waals surface area contributed by atoms with Gasteiger partial charge in [0.15, 0.2) is 5.69 Å². The van der Waals surface area contributed by atoms with E-state index in [1.165, 1.54) is 44.2 Å². The van der Waals surface area contributed by atoms with Crippen molar-refractivity contribution in [2.45, 2.75) is 63.8 Å². The van der Waals surface area contributed by atoms with Crippen molar-refractivity contribution in [1.82, 2.24) is 38.5 Å². The van der Waals surface area contributed by atoms with Crippen LogP contribution in [-0.4, -0.2) is 83.1 Å². The number of anilines is 1. The average Bonchev–Trinajstić information content (AvgIpc) is 3.89. The van der Waals surface area contributed by atoms with Crippen molar-refractivity contribution in [1.29, 1.82) is 0 Å². The van der Waals surface area contributed by atoms with Gasteiger partial charge in [0.25, 0.3) is 17.4 Å². The number of amides is 4. The summed E-state index contributed by atoms with van der Waals surface area (Å²) >= 11 is 12.7. The summed E-state index contributed by atoms with van der Waals surface area (Å²) in [5.41, 5.74) is 2.33. The fraction of sp³-hybridized carbons (Fsp3) is 0.333. The van der Waals surface area contributed by atoms with Crippen LogP contribution in [0.1, 0.15) is 89.8 Å². The minimum Gasteiger partial charge on any atom is -0.488 e. The van der Waals surface area contributed by atoms with Crippen molar-refractivity contribution in [2.75, 3.05) is 25.1 Å². The van der Waals surface area contributed by atoms with E-state index in [1.807, 2.05) is 18.4 Å². The number of fused-ring (bicyclic) bond motifs is 2. The van der Waals surface area contributed by atoms with Gasteiger partial charge in [-0.2, -0.15) is 0 Å². The number of aryl methyl sites for hydroxylation is 2. The zero-order valence-electron chi connectivity index (χ0n) is 35.5. The van der Waals surface area contributed by atoms with E-state index in [-0.39, 0.29) is 64.6 Å². The number of aromatic nitrogens is 6. The molecule has 1 N–H and O–H groups in total. The normalized spacial score (nSPS) is 18.0. The van der Waals surface area contributed by atoms with Crippen LogP contribution in [-0.2, 0) is 23.7 Å². The molecule has 3 aliphatic rings. The van der Waals surface area contributed by atoms with Crippen LogP contribution in [0.5, 0.6) is 11.6 Å². The van der Waals surface area contributed by atoms with Gasteiger partial charge in [-0.15, -0.1) is 0 Å². The van der Waals surface area contributed by atoms with Crippen molar-refractivity contribution < 1.29 is 28.7 Å². The third kappa shape index (κ3) is 7.12. The number of nitrogens with one attached hydrogen (secondary N) is 1. The van der Waals surface area contributed by atoms with E-state index < -0.39 is 35.1 Å². The third-order valence-corrected chi connectivity index (χ3v) is 12.6. The summed E-state index contributed by atoms with van der Waals surface area (Å²) in [6.45, 7) is 4.63. The first kappa shape index (κ1) is 42.6. The predicted octanol–water partition coefficient (Wildman–Crippen LogP) is 5.60. The molecule has 4 aromatic heterocycles. The average molecular weight is 909 g/mol. The van der Waals surface area contributed by atoms with Crippen molar-refractivity contribution >= 4 is 63.6 Å². The van der Waals surface area contributed by atoms with E-state index in [0.29, 0.717) is 70.4 Å². The molecule has 4 amide bonds. The van der Waals surface area contributed by atoms with E-state index in [0.717, 1.165) is 0 Å². The topological polar surface area (TPSA) is 185 Å². The highest BCUT2D eigenvalue weighted by Crippen LogP contribution is 2.45. The van der Waals surface area contributed by atoms with E-state index in [9.17, 15) is 28.8 Å². The third-order valence-electron chi connectivity index (χ3n) is 12.1. The lowest BCUT2D eigenvalue weighted by molar-refractivity contribution is -0.135. The van der Waals surface area contributed by atoms with Crippen LogP contribution < -0.4 is 30.9 Å². The largest absolute Gasteiger partial charge is 0.488 e. The Kier molecular flexibility index (Phi) is 10.9. The molecule has 7 heterocycles. The molecule has 0 bridgehead atoms. The van der Waals surface area contributed by atoms with E-state index in [4.69, 9.17) is 37.7 Å². The Morgan fingerprint density at radius 3 is 2.36 bits per heavy atom. The molecular formula is C45H43Cl2N9O8. The van der Waals surface area contributed by atoms with Crippen molar-refractivity contribution in [3.8, 4) is 23.0 Å². The molecule has 2 atom stereocenters. The van der Waals surface area contributed by atoms with E-state index in [1.54, 1.807) is 67.5 Å². The summed E-state index contributed by atoms with van der Waals surface area (Å²) in [5, 5.41) is 3.10. The summed E-state index contributed by atoms with van der Waals surface area (Å²) in [6, 6.07) is 13.6. The molecule has 6 aromatic rings. The number of halogens is 2. The molecule has 9 rings (SSSR count). The van der Waals surface area contributed by atoms with Crippen LogP contribution in [0.2, 0.25) is 10.0 Å². The van der Waals surface area contributed by atoms with Gasteiger partial charge in [0.05, 0.1) is 34.5 Å². The molecule has 2 aromatic carbocycles. The summed E-state index contributed by atoms with van der Waals surface area (Å²) in [7, 11) is 4.65. The van der Waals surface area contributed by atoms with Gasteiger partial charge in [-0.25, -0.2) is 14.8 Å². The van der Waals surface area contributed by atoms with Gasteiger partial charge in [-0.1, -0.05) is 41.4 Å². The fourth-order valence-corrected chi connectivity index (χ4v) is 9.49. The second-order valence-corrected chi connectivity index (χ2v) is 17.3. The molecule has 0 saturated carbocycles. The number of benzene rings is 2. The minimum atomic E-state index is -0.826. The second kappa shape index (κ2) is 16.4. The molecule has 19 heteroatoms. The first-order chi connectivity index (χ1) is 30.7. The van der Waals surface area contributed by atoms with Gasteiger partial charge in [0, 0.05) is 69.9 Å². The van der Waals surface area contributed by atoms with Crippen LogP contribution in [0.4, 0.5) is 5.69 Å². The molecular weight excluding hydrogens is 865 g/mol. The maximum Gasteiger partial charge on any atom is 0.329 e. The molecule has 2 fully saturated rings. The number of carbonyl (C=O) groups excluding carboxylic acids is 4. The zero-order valence-corrected chi connectivity index (χ0v) is 37.0. The number of hydrogen-bond acceptors (Lipinski definition) is 10. The highest BCUT2D eigenvalue weighted by Gasteiger charge is 2.46. The van der Waals surface area contributed by atoms with E-state index >= 15 is 0 Å². The molecule has 64 heavy (non-hydrogen) atoms. The van der Waals surface area contributed by atoms with Crippen LogP contribution in [0.15, 0.2) is 76.6 Å². The Morgan fingerprint density at radius 1 is 0.938 bits per heavy atom. The lowest BCUT2D eigenvalue weighted by atomic mass is 10.0. The van der Waals surface area contributed by atoms with Gasteiger partial charge in [-0.05, 0) is 62.2 Å². The van der Waals surface area contributed by atoms with Crippen LogP contribution in [0, 0.1) is 0 Å². The first-order valence-corrected chi connectivity index (χ1v) is 21.5. The Balaban J connectivity index is 1.00. The monoisotopic (exact) mass is 907 g/mol. The number of imidazole rings is 2. The summed E-state index contributed by atoms with van der Waals surface area (Å²) < 4.78 is 18.3. The lowest BCUT2D eigenvalue weighted by Gasteiger charge is -2.32. The number of imide groups is 1. The molecule has 2 saturated heterocycles. The smallest absolute Gasteiger partial charge is 0.329 e. The summed E-state index contributed by atoms with van der Waals surface area (Å²) in [4.78, 5) is 93.0. The van der Waals surface area contributed by atoms with E-state index in [2.05, 4.69) is 10.3 Å². The SMILES string of the molecule is COc1ncc(C(=O)N2CCC(Oc3cccc4c3n(C)c(=O)n4C3CCC(=O)NC3=O)CC2)cc1-c1nc2c(n1C(C)C)[C@H](c1ccc(Cl)cc1)N(c1cc(Cl)cn(C)c1=O)C2=O. The van der Waals surface area contributed by atoms with Gasteiger partial charge in [-0.3, -0.25) is 43.3 Å². The molecule has 330 valence electrons. The van der Waals surface area contributed by atoms with Crippen LogP contribution in [0.3, 0.4) is 0 Å². The number of para-hydroxylation sites is 1. The maximum atomic E-state index is 14.6. The van der Waals surface area contributed by atoms with Gasteiger partial charge in [0.1, 0.15) is 41.0 Å². The highest BCUT2D eigenvalue weighted by molar-refractivity contribution is 6.31. The number of hydrogen-bond donors (Lipinski definition) is 1. The standard InChI is InChI=1S/C45H43Cl2N9O8/c1-23(2)54-38-35(44(61)56(32-20-27(47)22-51(3)43(32)60)36(38)24-9-11-26(46)12-10-24)50-39(54)29-19-25(21-48-41(29)63-5)42(59)53-17-15-28(16-18-53)64-33-8-6-7-30-37(33)52(4)45(62)55(30)31-13-14-34(57)49-40(31)58/h6-12,19-23,28,31,36H,13-18H2,1-5H3,(H,49,57,58)/t31?,36-/m0/s1. The number of likely N-dealkylation sites (tertiary alicyclic amines) is 1. The predicted molar refractivity (Wildman–Crippen MR) is 237 cm³/mol. The number of nitrogens with zero attached hydrogens (tertiary/aromatic N) is 8. The minimum absolute atomic E-state index is 0.0855. The number of methoxy groups -OCH3 is 1. The number of piperidine rings is 2. The number of ether oxygens (including phenoxy) is 2. The summed E-state index contributed by atoms with van der Waals surface area (Å²) in [5.74, 6) is -0.644. The van der Waals surface area contributed by atoms with Gasteiger partial charge in [0.2, 0.25) is 17.7 Å². The van der Waals surface area contributed by atoms with Gasteiger partial charge >= 0.3 is 5.69 Å². The molecule has 0 spiro atoms. The number of rotatable bonds is 9. The molecule has 3 aliphatic heterocycles. The molecule has 17 nitrogen and oxygen atoms in total. The quantitative estimate of drug-likeness (QED) is 0.179. The van der Waals surface area contributed by atoms with Crippen molar-refractivity contribution in [2.24, 2.45) is 14.1 Å². The number of pyridine rings is 2. The Labute approximate surface area is 375 Å². The molecule has 0 radical (unpaired) electrons. The Morgan fingerprint density at radius 2 is 1.67 bits per heavy atom. The Hall–Kier alpha value is -6.72. The molecule has 1 unspecified atom stereocenters. The van der Waals surface area contributed by atoms with Gasteiger partial charge < -0.3 is 23.5 Å². The molecule has 0 aliphatic carbocycles. The fourth-order valence-electron chi connectivity index (χ4n) is 9.12. The maximum absolute atomic E-state index is 14.6. The lowest BCUT2D eigenvalue weighted by Crippen LogP contribution is -2.44. The van der Waals surface area contributed by atoms with Crippen molar-refractivity contribution in [3.63, 3.8) is 0 Å². The Bertz CT molecular complexity index is 3040. The first-order valence-electron chi connectivity index (χ1n) is 20.8. The van der Waals surface area contributed by atoms with Crippen molar-refractivity contribution in [3.05, 3.63) is 120 Å².